The van der Waals surface area contributed by atoms with Gasteiger partial charge in [-0.2, -0.15) is 0 Å². The highest BCUT2D eigenvalue weighted by molar-refractivity contribution is 5.17. The molecular weight excluding hydrogens is 222 g/mol. The predicted molar refractivity (Wildman–Crippen MR) is 75.5 cm³/mol. The average Bonchev–Trinajstić information content (AvgIpc) is 2.41. The van der Waals surface area contributed by atoms with E-state index in [-0.39, 0.29) is 0 Å². The lowest BCUT2D eigenvalue weighted by atomic mass is 9.84. The van der Waals surface area contributed by atoms with E-state index in [9.17, 15) is 0 Å². The first-order valence-corrected chi connectivity index (χ1v) is 7.15. The number of rotatable bonds is 5. The van der Waals surface area contributed by atoms with Crippen LogP contribution in [0.25, 0.3) is 0 Å². The molecule has 2 atom stereocenters. The topological polar surface area (TPSA) is 28.2 Å². The molecule has 0 radical (unpaired) electrons. The molecule has 3 heteroatoms. The van der Waals surface area contributed by atoms with E-state index >= 15 is 0 Å². The number of nitrogens with zero attached hydrogens (tertiary/aromatic N) is 2. The summed E-state index contributed by atoms with van der Waals surface area (Å²) in [7, 11) is 2.06. The van der Waals surface area contributed by atoms with Gasteiger partial charge in [0.25, 0.3) is 0 Å². The molecule has 0 aliphatic carbocycles. The van der Waals surface area contributed by atoms with Crippen molar-refractivity contribution >= 4 is 0 Å². The first-order chi connectivity index (χ1) is 8.86. The minimum Gasteiger partial charge on any atom is -0.319 e. The first-order valence-electron chi connectivity index (χ1n) is 7.15. The quantitative estimate of drug-likeness (QED) is 0.866. The van der Waals surface area contributed by atoms with Gasteiger partial charge in [0.05, 0.1) is 0 Å². The molecule has 1 fully saturated rings. The van der Waals surface area contributed by atoms with Gasteiger partial charge in [0.2, 0.25) is 0 Å². The van der Waals surface area contributed by atoms with E-state index in [2.05, 4.69) is 41.3 Å². The maximum absolute atomic E-state index is 4.15. The second-order valence-electron chi connectivity index (χ2n) is 5.22. The van der Waals surface area contributed by atoms with Crippen LogP contribution < -0.4 is 5.32 Å². The van der Waals surface area contributed by atoms with Crippen LogP contribution in [-0.4, -0.2) is 36.6 Å². The fourth-order valence-electron chi connectivity index (χ4n) is 3.21. The van der Waals surface area contributed by atoms with E-state index in [1.54, 1.807) is 0 Å². The molecule has 2 unspecified atom stereocenters. The number of hydrogen-bond acceptors (Lipinski definition) is 3. The van der Waals surface area contributed by atoms with Gasteiger partial charge in [-0.1, -0.05) is 6.92 Å². The Morgan fingerprint density at radius 3 is 2.83 bits per heavy atom. The molecule has 2 rings (SSSR count). The number of likely N-dealkylation sites (tertiary alicyclic amines) is 1. The second-order valence-corrected chi connectivity index (χ2v) is 5.22. The minimum absolute atomic E-state index is 0.564. The molecule has 1 aromatic rings. The van der Waals surface area contributed by atoms with Gasteiger partial charge >= 0.3 is 0 Å². The van der Waals surface area contributed by atoms with Crippen LogP contribution in [0.4, 0.5) is 0 Å². The van der Waals surface area contributed by atoms with Gasteiger partial charge in [-0.15, -0.1) is 0 Å². The zero-order chi connectivity index (χ0) is 12.8. The van der Waals surface area contributed by atoms with Crippen molar-refractivity contribution in [2.75, 3.05) is 26.7 Å². The Morgan fingerprint density at radius 1 is 1.39 bits per heavy atom. The molecule has 100 valence electrons. The van der Waals surface area contributed by atoms with Crippen LogP contribution in [-0.2, 0) is 0 Å². The van der Waals surface area contributed by atoms with E-state index in [4.69, 9.17) is 0 Å². The molecule has 1 N–H and O–H groups in total. The third-order valence-electron chi connectivity index (χ3n) is 3.88. The summed E-state index contributed by atoms with van der Waals surface area (Å²) in [6.07, 6.45) is 7.73. The van der Waals surface area contributed by atoms with Gasteiger partial charge in [-0.25, -0.2) is 0 Å². The van der Waals surface area contributed by atoms with Gasteiger partial charge in [0, 0.05) is 18.4 Å². The number of nitrogens with one attached hydrogen (secondary N) is 1. The largest absolute Gasteiger partial charge is 0.319 e. The van der Waals surface area contributed by atoms with Crippen molar-refractivity contribution < 1.29 is 0 Å². The normalized spacial score (nSPS) is 25.2. The zero-order valence-electron chi connectivity index (χ0n) is 11.6. The molecule has 1 aromatic heterocycles. The highest BCUT2D eigenvalue weighted by Crippen LogP contribution is 2.35. The van der Waals surface area contributed by atoms with E-state index in [0.717, 1.165) is 12.5 Å². The third kappa shape index (κ3) is 3.09. The van der Waals surface area contributed by atoms with Crippen molar-refractivity contribution in [1.29, 1.82) is 0 Å². The van der Waals surface area contributed by atoms with Crippen LogP contribution in [0.5, 0.6) is 0 Å². The molecule has 0 bridgehead atoms. The molecule has 0 spiro atoms. The average molecular weight is 247 g/mol. The lowest BCUT2D eigenvalue weighted by Gasteiger charge is -2.41. The minimum atomic E-state index is 0.564. The van der Waals surface area contributed by atoms with Crippen LogP contribution in [0, 0.1) is 5.92 Å². The van der Waals surface area contributed by atoms with E-state index in [1.165, 1.54) is 37.9 Å². The van der Waals surface area contributed by atoms with Gasteiger partial charge in [-0.05, 0) is 69.6 Å². The molecule has 0 amide bonds. The van der Waals surface area contributed by atoms with Crippen molar-refractivity contribution in [2.45, 2.75) is 32.2 Å². The maximum atomic E-state index is 4.15. The zero-order valence-corrected chi connectivity index (χ0v) is 11.6. The SMILES string of the molecule is CCCN1CCCC(CNC)C1c1ccncc1. The lowest BCUT2D eigenvalue weighted by molar-refractivity contribution is 0.0924. The van der Waals surface area contributed by atoms with Crippen molar-refractivity contribution in [3.8, 4) is 0 Å². The molecule has 2 heterocycles. The highest BCUT2D eigenvalue weighted by Gasteiger charge is 2.31. The van der Waals surface area contributed by atoms with Crippen LogP contribution in [0.15, 0.2) is 24.5 Å². The van der Waals surface area contributed by atoms with Crippen molar-refractivity contribution in [2.24, 2.45) is 5.92 Å². The first kappa shape index (κ1) is 13.5. The maximum Gasteiger partial charge on any atom is 0.0389 e. The third-order valence-corrected chi connectivity index (χ3v) is 3.88. The number of piperidine rings is 1. The molecule has 3 nitrogen and oxygen atoms in total. The number of aromatic nitrogens is 1. The smallest absolute Gasteiger partial charge is 0.0389 e. The number of hydrogen-bond donors (Lipinski definition) is 1. The van der Waals surface area contributed by atoms with Gasteiger partial charge in [0.1, 0.15) is 0 Å². The number of pyridine rings is 1. The van der Waals surface area contributed by atoms with E-state index in [1.807, 2.05) is 12.4 Å². The fraction of sp³-hybridized carbons (Fsp3) is 0.667. The Hall–Kier alpha value is -0.930. The second kappa shape index (κ2) is 6.86. The Balaban J connectivity index is 2.20. The van der Waals surface area contributed by atoms with Crippen molar-refractivity contribution in [3.05, 3.63) is 30.1 Å². The molecule has 1 aliphatic rings. The van der Waals surface area contributed by atoms with Crippen LogP contribution in [0.1, 0.15) is 37.8 Å². The monoisotopic (exact) mass is 247 g/mol. The Bertz CT molecular complexity index is 321. The molecule has 1 aliphatic heterocycles. The summed E-state index contributed by atoms with van der Waals surface area (Å²) < 4.78 is 0. The standard InChI is InChI=1S/C15H25N3/c1-3-10-18-11-4-5-14(12-16-2)15(18)13-6-8-17-9-7-13/h6-9,14-16H,3-5,10-12H2,1-2H3. The van der Waals surface area contributed by atoms with Crippen LogP contribution in [0.3, 0.4) is 0 Å². The Morgan fingerprint density at radius 2 is 2.17 bits per heavy atom. The summed E-state index contributed by atoms with van der Waals surface area (Å²) in [6, 6.07) is 4.93. The van der Waals surface area contributed by atoms with Gasteiger partial charge in [0.15, 0.2) is 0 Å². The van der Waals surface area contributed by atoms with E-state index in [0.29, 0.717) is 6.04 Å². The Kier molecular flexibility index (Phi) is 5.14. The summed E-state index contributed by atoms with van der Waals surface area (Å²) in [6.45, 7) is 5.81. The predicted octanol–water partition coefficient (Wildman–Crippen LogP) is 2.46. The molecular formula is C15H25N3. The highest BCUT2D eigenvalue weighted by atomic mass is 15.2. The molecule has 0 aromatic carbocycles. The van der Waals surface area contributed by atoms with E-state index < -0.39 is 0 Å². The molecule has 18 heavy (non-hydrogen) atoms. The summed E-state index contributed by atoms with van der Waals surface area (Å²) >= 11 is 0. The molecule has 1 saturated heterocycles. The fourth-order valence-corrected chi connectivity index (χ4v) is 3.21. The Labute approximate surface area is 111 Å². The molecule has 0 saturated carbocycles. The van der Waals surface area contributed by atoms with Crippen LogP contribution in [0.2, 0.25) is 0 Å². The van der Waals surface area contributed by atoms with Crippen LogP contribution >= 0.6 is 0 Å². The summed E-state index contributed by atoms with van der Waals surface area (Å²) in [5.74, 6) is 0.720. The summed E-state index contributed by atoms with van der Waals surface area (Å²) in [5, 5.41) is 3.36. The summed E-state index contributed by atoms with van der Waals surface area (Å²) in [5.41, 5.74) is 1.43. The van der Waals surface area contributed by atoms with Gasteiger partial charge < -0.3 is 5.32 Å². The van der Waals surface area contributed by atoms with Gasteiger partial charge in [-0.3, -0.25) is 9.88 Å². The summed E-state index contributed by atoms with van der Waals surface area (Å²) in [4.78, 5) is 6.80. The lowest BCUT2D eigenvalue weighted by Crippen LogP contribution is -2.42. The van der Waals surface area contributed by atoms with Crippen molar-refractivity contribution in [3.63, 3.8) is 0 Å². The van der Waals surface area contributed by atoms with Crippen molar-refractivity contribution in [1.82, 2.24) is 15.2 Å².